The van der Waals surface area contributed by atoms with Gasteiger partial charge in [0.15, 0.2) is 0 Å². The second-order valence-corrected chi connectivity index (χ2v) is 6.84. The molecular formula is C15H22N3O3P. The average Bonchev–Trinajstić information content (AvgIpc) is 2.78. The summed E-state index contributed by atoms with van der Waals surface area (Å²) in [6, 6.07) is 5.56. The number of fused-ring (bicyclic) bond motifs is 1. The maximum Gasteiger partial charge on any atom is 0.410 e. The van der Waals surface area contributed by atoms with E-state index in [2.05, 4.69) is 19.2 Å². The van der Waals surface area contributed by atoms with E-state index in [1.165, 1.54) is 4.90 Å². The van der Waals surface area contributed by atoms with Crippen LogP contribution in [0.4, 0.5) is 4.79 Å². The Kier molecular flexibility index (Phi) is 4.73. The number of ether oxygens (including phenoxy) is 1. The number of H-pyrrole nitrogens is 1. The first-order chi connectivity index (χ1) is 10.2. The molecule has 120 valence electrons. The molecule has 1 heterocycles. The van der Waals surface area contributed by atoms with Crippen molar-refractivity contribution in [3.05, 3.63) is 29.6 Å². The Morgan fingerprint density at radius 3 is 2.77 bits per heavy atom. The fourth-order valence-corrected chi connectivity index (χ4v) is 2.32. The molecule has 1 amide bonds. The third kappa shape index (κ3) is 3.96. The highest BCUT2D eigenvalue weighted by molar-refractivity contribution is 7.16. The van der Waals surface area contributed by atoms with E-state index >= 15 is 0 Å². The van der Waals surface area contributed by atoms with E-state index in [9.17, 15) is 9.90 Å². The van der Waals surface area contributed by atoms with Crippen LogP contribution in [-0.2, 0) is 11.3 Å². The highest BCUT2D eigenvalue weighted by Gasteiger charge is 2.20. The standard InChI is InChI=1S/C15H22N3O3P/c1-15(2,3)21-14(20)18(4)8-11-16-10-7-5-6-9(13(19)22)12(10)17-11/h5-7,13,19H,8,22H2,1-4H3,(H,16,17). The quantitative estimate of drug-likeness (QED) is 0.851. The lowest BCUT2D eigenvalue weighted by atomic mass is 10.2. The van der Waals surface area contributed by atoms with Gasteiger partial charge in [-0.15, -0.1) is 9.24 Å². The van der Waals surface area contributed by atoms with Crippen LogP contribution < -0.4 is 0 Å². The van der Waals surface area contributed by atoms with Crippen molar-refractivity contribution in [2.75, 3.05) is 7.05 Å². The number of aliphatic hydroxyl groups is 1. The van der Waals surface area contributed by atoms with Crippen molar-refractivity contribution in [2.24, 2.45) is 0 Å². The molecule has 2 rings (SSSR count). The van der Waals surface area contributed by atoms with E-state index in [-0.39, 0.29) is 0 Å². The van der Waals surface area contributed by atoms with Gasteiger partial charge in [-0.05, 0) is 26.8 Å². The highest BCUT2D eigenvalue weighted by atomic mass is 31.0. The van der Waals surface area contributed by atoms with Crippen molar-refractivity contribution < 1.29 is 14.6 Å². The minimum absolute atomic E-state index is 0.302. The predicted molar refractivity (Wildman–Crippen MR) is 88.5 cm³/mol. The molecule has 0 aliphatic rings. The molecule has 0 spiro atoms. The van der Waals surface area contributed by atoms with E-state index in [0.717, 1.165) is 11.1 Å². The van der Waals surface area contributed by atoms with Crippen molar-refractivity contribution in [2.45, 2.75) is 38.8 Å². The van der Waals surface area contributed by atoms with Crippen molar-refractivity contribution >= 4 is 26.4 Å². The number of rotatable bonds is 3. The molecule has 0 fully saturated rings. The van der Waals surface area contributed by atoms with Crippen LogP contribution in [0, 0.1) is 0 Å². The lowest BCUT2D eigenvalue weighted by molar-refractivity contribution is 0.0281. The van der Waals surface area contributed by atoms with Gasteiger partial charge < -0.3 is 19.7 Å². The molecular weight excluding hydrogens is 301 g/mol. The first kappa shape index (κ1) is 16.7. The van der Waals surface area contributed by atoms with Gasteiger partial charge in [0.2, 0.25) is 0 Å². The molecule has 0 radical (unpaired) electrons. The molecule has 0 aliphatic carbocycles. The van der Waals surface area contributed by atoms with Crippen LogP contribution in [0.1, 0.15) is 38.0 Å². The second-order valence-electron chi connectivity index (χ2n) is 6.21. The fraction of sp³-hybridized carbons (Fsp3) is 0.467. The van der Waals surface area contributed by atoms with Gasteiger partial charge in [0.05, 0.1) is 23.4 Å². The Bertz CT molecular complexity index is 676. The van der Waals surface area contributed by atoms with E-state index in [4.69, 9.17) is 4.74 Å². The molecule has 2 N–H and O–H groups in total. The van der Waals surface area contributed by atoms with Gasteiger partial charge in [-0.3, -0.25) is 0 Å². The molecule has 1 aromatic carbocycles. The number of imidazole rings is 1. The van der Waals surface area contributed by atoms with Crippen LogP contribution in [-0.4, -0.2) is 38.7 Å². The maximum atomic E-state index is 12.0. The average molecular weight is 323 g/mol. The summed E-state index contributed by atoms with van der Waals surface area (Å²) in [5.74, 6) is -0.0371. The van der Waals surface area contributed by atoms with Gasteiger partial charge in [0, 0.05) is 12.6 Å². The number of para-hydroxylation sites is 1. The first-order valence-electron chi connectivity index (χ1n) is 7.02. The van der Waals surface area contributed by atoms with Gasteiger partial charge in [-0.1, -0.05) is 12.1 Å². The Labute approximate surface area is 132 Å². The van der Waals surface area contributed by atoms with Gasteiger partial charge >= 0.3 is 6.09 Å². The number of nitrogens with one attached hydrogen (secondary N) is 1. The lowest BCUT2D eigenvalue weighted by Crippen LogP contribution is -2.34. The lowest BCUT2D eigenvalue weighted by Gasteiger charge is -2.24. The smallest absolute Gasteiger partial charge is 0.410 e. The SMILES string of the molecule is CN(Cc1nc2c(C(O)P)cccc2[nH]1)C(=O)OC(C)(C)C. The number of benzene rings is 1. The number of aromatic amines is 1. The normalized spacial score (nSPS) is 13.2. The predicted octanol–water partition coefficient (Wildman–Crippen LogP) is 2.80. The van der Waals surface area contributed by atoms with Gasteiger partial charge in [0.1, 0.15) is 11.4 Å². The molecule has 6 nitrogen and oxygen atoms in total. The minimum Gasteiger partial charge on any atom is -0.444 e. The molecule has 7 heteroatoms. The zero-order valence-electron chi connectivity index (χ0n) is 13.3. The van der Waals surface area contributed by atoms with Crippen LogP contribution in [0.3, 0.4) is 0 Å². The monoisotopic (exact) mass is 323 g/mol. The molecule has 0 saturated carbocycles. The van der Waals surface area contributed by atoms with Crippen molar-refractivity contribution in [3.63, 3.8) is 0 Å². The third-order valence-corrected chi connectivity index (χ3v) is 3.36. The van der Waals surface area contributed by atoms with Crippen LogP contribution in [0.2, 0.25) is 0 Å². The Morgan fingerprint density at radius 2 is 2.18 bits per heavy atom. The summed E-state index contributed by atoms with van der Waals surface area (Å²) in [6.45, 7) is 5.78. The summed E-state index contributed by atoms with van der Waals surface area (Å²) < 4.78 is 5.31. The van der Waals surface area contributed by atoms with Crippen LogP contribution in [0.25, 0.3) is 11.0 Å². The molecule has 0 saturated heterocycles. The third-order valence-electron chi connectivity index (χ3n) is 3.00. The molecule has 1 aromatic heterocycles. The molecule has 2 unspecified atom stereocenters. The molecule has 0 aliphatic heterocycles. The van der Waals surface area contributed by atoms with E-state index in [1.54, 1.807) is 7.05 Å². The van der Waals surface area contributed by atoms with Gasteiger partial charge in [-0.25, -0.2) is 9.78 Å². The molecule has 2 atom stereocenters. The summed E-state index contributed by atoms with van der Waals surface area (Å²) in [5, 5.41) is 9.75. The number of hydrogen-bond donors (Lipinski definition) is 2. The van der Waals surface area contributed by atoms with E-state index < -0.39 is 17.5 Å². The summed E-state index contributed by atoms with van der Waals surface area (Å²) in [6.07, 6.45) is -0.403. The maximum absolute atomic E-state index is 12.0. The second kappa shape index (κ2) is 6.23. The topological polar surface area (TPSA) is 78.5 Å². The Balaban J connectivity index is 2.18. The highest BCUT2D eigenvalue weighted by Crippen LogP contribution is 2.26. The Hall–Kier alpha value is -1.65. The van der Waals surface area contributed by atoms with Gasteiger partial charge in [-0.2, -0.15) is 0 Å². The first-order valence-corrected chi connectivity index (χ1v) is 7.69. The van der Waals surface area contributed by atoms with E-state index in [1.807, 2.05) is 39.0 Å². The molecule has 22 heavy (non-hydrogen) atoms. The zero-order valence-corrected chi connectivity index (χ0v) is 14.4. The number of aromatic nitrogens is 2. The van der Waals surface area contributed by atoms with Crippen LogP contribution >= 0.6 is 9.24 Å². The number of amides is 1. The summed E-state index contributed by atoms with van der Waals surface area (Å²) in [5.41, 5.74) is 1.73. The van der Waals surface area contributed by atoms with Crippen molar-refractivity contribution in [3.8, 4) is 0 Å². The van der Waals surface area contributed by atoms with Crippen LogP contribution in [0.15, 0.2) is 18.2 Å². The summed E-state index contributed by atoms with van der Waals surface area (Å²) >= 11 is 0. The summed E-state index contributed by atoms with van der Waals surface area (Å²) in [4.78, 5) is 21.1. The Morgan fingerprint density at radius 1 is 1.50 bits per heavy atom. The number of hydrogen-bond acceptors (Lipinski definition) is 4. The summed E-state index contributed by atoms with van der Waals surface area (Å²) in [7, 11) is 4.00. The van der Waals surface area contributed by atoms with Crippen molar-refractivity contribution in [1.82, 2.24) is 14.9 Å². The van der Waals surface area contributed by atoms with Crippen LogP contribution in [0.5, 0.6) is 0 Å². The number of carbonyl (C=O) groups excluding carboxylic acids is 1. The molecule has 2 aromatic rings. The largest absolute Gasteiger partial charge is 0.444 e. The number of carbonyl (C=O) groups is 1. The number of aliphatic hydroxyl groups excluding tert-OH is 1. The fourth-order valence-electron chi connectivity index (χ4n) is 2.05. The number of nitrogens with zero attached hydrogens (tertiary/aromatic N) is 2. The molecule has 0 bridgehead atoms. The zero-order chi connectivity index (χ0) is 16.5. The van der Waals surface area contributed by atoms with E-state index in [0.29, 0.717) is 17.9 Å². The minimum atomic E-state index is -0.677. The van der Waals surface area contributed by atoms with Gasteiger partial charge in [0.25, 0.3) is 0 Å². The van der Waals surface area contributed by atoms with Crippen molar-refractivity contribution in [1.29, 1.82) is 0 Å².